The Hall–Kier alpha value is -1.66. The molecule has 2 aromatic heterocycles. The Balaban J connectivity index is 1.60. The molecule has 0 aliphatic carbocycles. The van der Waals surface area contributed by atoms with E-state index in [2.05, 4.69) is 15.3 Å². The van der Waals surface area contributed by atoms with Crippen LogP contribution in [0.4, 0.5) is 0 Å². The summed E-state index contributed by atoms with van der Waals surface area (Å²) in [6, 6.07) is 3.89. The van der Waals surface area contributed by atoms with Crippen molar-refractivity contribution < 1.29 is 8.42 Å². The van der Waals surface area contributed by atoms with Gasteiger partial charge in [-0.05, 0) is 30.7 Å². The fraction of sp³-hybridized carbons (Fsp3) is 0.308. The van der Waals surface area contributed by atoms with Gasteiger partial charge in [-0.15, -0.1) is 0 Å². The maximum absolute atomic E-state index is 11.3. The molecule has 3 heterocycles. The maximum Gasteiger partial charge on any atom is 0.173 e. The van der Waals surface area contributed by atoms with Gasteiger partial charge < -0.3 is 10.3 Å². The highest BCUT2D eigenvalue weighted by Gasteiger charge is 2.20. The molecule has 0 fully saturated rings. The molecule has 100 valence electrons. The van der Waals surface area contributed by atoms with E-state index < -0.39 is 9.84 Å². The molecule has 0 radical (unpaired) electrons. The van der Waals surface area contributed by atoms with Gasteiger partial charge in [0.05, 0.1) is 5.75 Å². The highest BCUT2D eigenvalue weighted by Crippen LogP contribution is 2.16. The summed E-state index contributed by atoms with van der Waals surface area (Å²) in [5, 5.41) is 5.66. The van der Waals surface area contributed by atoms with E-state index in [9.17, 15) is 8.42 Å². The number of hydrogen-bond acceptors (Lipinski definition) is 4. The minimum atomic E-state index is -2.97. The van der Waals surface area contributed by atoms with Crippen LogP contribution in [0.2, 0.25) is 0 Å². The fourth-order valence-corrected chi connectivity index (χ4v) is 3.58. The first-order valence-electron chi connectivity index (χ1n) is 6.19. The van der Waals surface area contributed by atoms with Crippen molar-refractivity contribution in [3.63, 3.8) is 0 Å². The number of hydrogen-bond donors (Lipinski definition) is 2. The number of fused-ring (bicyclic) bond motifs is 1. The van der Waals surface area contributed by atoms with Gasteiger partial charge in [0.2, 0.25) is 0 Å². The smallest absolute Gasteiger partial charge is 0.173 e. The van der Waals surface area contributed by atoms with Crippen LogP contribution in [0.1, 0.15) is 5.56 Å². The van der Waals surface area contributed by atoms with Crippen molar-refractivity contribution in [2.45, 2.75) is 12.5 Å². The molecular formula is C13H15N3O2S. The quantitative estimate of drug-likeness (QED) is 0.874. The van der Waals surface area contributed by atoms with E-state index in [-0.39, 0.29) is 11.8 Å². The zero-order valence-electron chi connectivity index (χ0n) is 10.3. The third-order valence-electron chi connectivity index (χ3n) is 3.27. The van der Waals surface area contributed by atoms with Crippen LogP contribution >= 0.6 is 0 Å². The Morgan fingerprint density at radius 2 is 2.37 bits per heavy atom. The van der Waals surface area contributed by atoms with Gasteiger partial charge in [-0.25, -0.2) is 13.4 Å². The van der Waals surface area contributed by atoms with Crippen LogP contribution in [-0.2, 0) is 16.3 Å². The largest absolute Gasteiger partial charge is 0.346 e. The van der Waals surface area contributed by atoms with E-state index in [1.54, 1.807) is 12.3 Å². The Morgan fingerprint density at radius 1 is 1.47 bits per heavy atom. The predicted molar refractivity (Wildman–Crippen MR) is 74.5 cm³/mol. The van der Waals surface area contributed by atoms with Crippen LogP contribution in [0.25, 0.3) is 11.0 Å². The van der Waals surface area contributed by atoms with Gasteiger partial charge in [-0.2, -0.15) is 0 Å². The molecular weight excluding hydrogens is 262 g/mol. The van der Waals surface area contributed by atoms with Crippen molar-refractivity contribution in [2.24, 2.45) is 0 Å². The van der Waals surface area contributed by atoms with E-state index in [1.807, 2.05) is 18.3 Å². The van der Waals surface area contributed by atoms with E-state index in [4.69, 9.17) is 0 Å². The van der Waals surface area contributed by atoms with Crippen LogP contribution in [0.5, 0.6) is 0 Å². The number of H-pyrrole nitrogens is 1. The molecule has 3 rings (SSSR count). The SMILES string of the molecule is O=S1(=O)C=CC(NCCc2c[nH]c3ncccc23)C1. The summed E-state index contributed by atoms with van der Waals surface area (Å²) in [6.45, 7) is 0.742. The normalized spacial score (nSPS) is 21.2. The van der Waals surface area contributed by atoms with Crippen LogP contribution < -0.4 is 5.32 Å². The molecule has 19 heavy (non-hydrogen) atoms. The van der Waals surface area contributed by atoms with Gasteiger partial charge in [-0.1, -0.05) is 6.08 Å². The lowest BCUT2D eigenvalue weighted by Gasteiger charge is -2.08. The van der Waals surface area contributed by atoms with E-state index in [0.29, 0.717) is 0 Å². The molecule has 1 aliphatic heterocycles. The minimum Gasteiger partial charge on any atom is -0.346 e. The van der Waals surface area contributed by atoms with Crippen molar-refractivity contribution in [3.8, 4) is 0 Å². The topological polar surface area (TPSA) is 74.8 Å². The summed E-state index contributed by atoms with van der Waals surface area (Å²) in [5.74, 6) is 0.169. The molecule has 0 saturated heterocycles. The van der Waals surface area contributed by atoms with Crippen LogP contribution in [0.3, 0.4) is 0 Å². The minimum absolute atomic E-state index is 0.0617. The van der Waals surface area contributed by atoms with E-state index >= 15 is 0 Å². The molecule has 0 amide bonds. The number of nitrogens with one attached hydrogen (secondary N) is 2. The summed E-state index contributed by atoms with van der Waals surface area (Å²) < 4.78 is 22.5. The summed E-state index contributed by atoms with van der Waals surface area (Å²) in [5.41, 5.74) is 2.08. The summed E-state index contributed by atoms with van der Waals surface area (Å²) in [4.78, 5) is 7.37. The first-order valence-corrected chi connectivity index (χ1v) is 7.91. The van der Waals surface area contributed by atoms with E-state index in [1.165, 1.54) is 11.0 Å². The lowest BCUT2D eigenvalue weighted by molar-refractivity contribution is 0.591. The highest BCUT2D eigenvalue weighted by atomic mass is 32.2. The van der Waals surface area contributed by atoms with Crippen LogP contribution in [0, 0.1) is 0 Å². The monoisotopic (exact) mass is 277 g/mol. The average Bonchev–Trinajstić information content (AvgIpc) is 2.94. The third-order valence-corrected chi connectivity index (χ3v) is 4.66. The number of sulfone groups is 1. The molecule has 5 nitrogen and oxygen atoms in total. The lowest BCUT2D eigenvalue weighted by Crippen LogP contribution is -2.31. The number of nitrogens with zero attached hydrogens (tertiary/aromatic N) is 1. The number of rotatable bonds is 4. The Morgan fingerprint density at radius 3 is 3.16 bits per heavy atom. The molecule has 0 saturated carbocycles. The van der Waals surface area contributed by atoms with Gasteiger partial charge in [0.25, 0.3) is 0 Å². The van der Waals surface area contributed by atoms with Crippen molar-refractivity contribution in [1.82, 2.24) is 15.3 Å². The van der Waals surface area contributed by atoms with E-state index in [0.717, 1.165) is 24.0 Å². The summed E-state index contributed by atoms with van der Waals surface area (Å²) in [6.07, 6.45) is 6.28. The van der Waals surface area contributed by atoms with Crippen molar-refractivity contribution in [1.29, 1.82) is 0 Å². The third kappa shape index (κ3) is 2.69. The first-order chi connectivity index (χ1) is 9.14. The molecule has 1 atom stereocenters. The zero-order valence-corrected chi connectivity index (χ0v) is 11.2. The van der Waals surface area contributed by atoms with Crippen LogP contribution in [-0.4, -0.2) is 36.7 Å². The maximum atomic E-state index is 11.3. The second-order valence-corrected chi connectivity index (χ2v) is 6.61. The number of aromatic nitrogens is 2. The lowest BCUT2D eigenvalue weighted by atomic mass is 10.1. The number of aromatic amines is 1. The Kier molecular flexibility index (Phi) is 3.12. The Labute approximate surface area is 111 Å². The second-order valence-electron chi connectivity index (χ2n) is 4.68. The molecule has 0 bridgehead atoms. The molecule has 6 heteroatoms. The fourth-order valence-electron chi connectivity index (χ4n) is 2.31. The van der Waals surface area contributed by atoms with Gasteiger partial charge in [0, 0.05) is 29.2 Å². The highest BCUT2D eigenvalue weighted by molar-refractivity contribution is 7.94. The molecule has 0 spiro atoms. The van der Waals surface area contributed by atoms with Crippen molar-refractivity contribution >= 4 is 20.9 Å². The summed E-state index contributed by atoms with van der Waals surface area (Å²) in [7, 11) is -2.97. The van der Waals surface area contributed by atoms with Gasteiger partial charge in [-0.3, -0.25) is 0 Å². The van der Waals surface area contributed by atoms with Crippen LogP contribution in [0.15, 0.2) is 36.0 Å². The standard InChI is InChI=1S/C13H15N3O2S/c17-19(18)7-4-11(9-19)14-6-3-10-8-16-13-12(10)2-1-5-15-13/h1-2,4-5,7-8,11,14H,3,6,9H2,(H,15,16). The van der Waals surface area contributed by atoms with Crippen molar-refractivity contribution in [3.05, 3.63) is 41.6 Å². The van der Waals surface area contributed by atoms with Gasteiger partial charge in [0.15, 0.2) is 9.84 Å². The number of pyridine rings is 1. The molecule has 2 aromatic rings. The van der Waals surface area contributed by atoms with Gasteiger partial charge >= 0.3 is 0 Å². The molecule has 1 aliphatic rings. The zero-order chi connectivity index (χ0) is 13.3. The molecule has 2 N–H and O–H groups in total. The molecule has 0 aromatic carbocycles. The second kappa shape index (κ2) is 4.79. The Bertz CT molecular complexity index is 718. The van der Waals surface area contributed by atoms with Gasteiger partial charge in [0.1, 0.15) is 5.65 Å². The predicted octanol–water partition coefficient (Wildman–Crippen LogP) is 1.01. The average molecular weight is 277 g/mol. The molecule has 1 unspecified atom stereocenters. The first kappa shape index (κ1) is 12.4. The van der Waals surface area contributed by atoms with Crippen molar-refractivity contribution in [2.75, 3.05) is 12.3 Å². The summed E-state index contributed by atoms with van der Waals surface area (Å²) >= 11 is 0.